The van der Waals surface area contributed by atoms with Gasteiger partial charge in [0, 0.05) is 42.7 Å². The molecule has 1 aliphatic rings. The zero-order chi connectivity index (χ0) is 32.6. The van der Waals surface area contributed by atoms with Crippen molar-refractivity contribution in [2.24, 2.45) is 0 Å². The van der Waals surface area contributed by atoms with E-state index in [9.17, 15) is 24.9 Å². The number of halogens is 1. The number of aromatic amines is 1. The molecule has 10 nitrogen and oxygen atoms in total. The van der Waals surface area contributed by atoms with Crippen LogP contribution in [0.15, 0.2) is 84.4 Å². The van der Waals surface area contributed by atoms with Crippen LogP contribution in [0.2, 0.25) is 0 Å². The number of methoxy groups -OCH3 is 1. The Labute approximate surface area is 281 Å². The van der Waals surface area contributed by atoms with Crippen molar-refractivity contribution in [3.63, 3.8) is 0 Å². The van der Waals surface area contributed by atoms with Crippen LogP contribution in [0.5, 0.6) is 11.5 Å². The van der Waals surface area contributed by atoms with Gasteiger partial charge in [0.25, 0.3) is 0 Å². The first-order valence-corrected chi connectivity index (χ1v) is 16.2. The SMILES string of the molecule is COc1cc(CO)cc(I)c1O[C@H]1C=C(C(=O)NCCO)C[C@@H](N(CCc2cc3ccccc3[nH]2)C(=O)Cc2ccccc2)[C@@H]1O. The number of carbonyl (C=O) groups is 2. The van der Waals surface area contributed by atoms with Crippen LogP contribution < -0.4 is 14.8 Å². The molecule has 5 N–H and O–H groups in total. The van der Waals surface area contributed by atoms with Gasteiger partial charge in [0.15, 0.2) is 11.5 Å². The molecule has 1 aromatic heterocycles. The third-order valence-corrected chi connectivity index (χ3v) is 8.87. The van der Waals surface area contributed by atoms with Gasteiger partial charge in [-0.05, 0) is 69.4 Å². The molecular weight excluding hydrogens is 701 g/mol. The molecule has 3 aromatic carbocycles. The standard InChI is InChI=1S/C35H38IN3O7/c1-45-31-16-23(21-41)15-27(36)34(31)46-30-20-25(35(44)37-12-14-40)19-29(33(30)43)39(32(42)17-22-7-3-2-4-8-22)13-11-26-18-24-9-5-6-10-28(24)38-26/h2-10,15-16,18,20,29-30,33,38,40-41,43H,11-14,17,19,21H2,1H3,(H,37,44)/t29-,30+,33+/m1/s1. The summed E-state index contributed by atoms with van der Waals surface area (Å²) in [7, 11) is 1.48. The Morgan fingerprint density at radius 3 is 2.52 bits per heavy atom. The number of aliphatic hydroxyl groups excluding tert-OH is 3. The lowest BCUT2D eigenvalue weighted by Crippen LogP contribution is -2.56. The maximum Gasteiger partial charge on any atom is 0.247 e. The second-order valence-electron chi connectivity index (χ2n) is 11.2. The van der Waals surface area contributed by atoms with E-state index in [1.807, 2.05) is 54.6 Å². The Kier molecular flexibility index (Phi) is 11.3. The number of nitrogens with zero attached hydrogens (tertiary/aromatic N) is 1. The number of amides is 2. The van der Waals surface area contributed by atoms with Crippen LogP contribution in [-0.2, 0) is 29.0 Å². The fourth-order valence-electron chi connectivity index (χ4n) is 5.75. The number of rotatable bonds is 13. The summed E-state index contributed by atoms with van der Waals surface area (Å²) in [5, 5.41) is 34.7. The Bertz CT molecular complexity index is 1660. The van der Waals surface area contributed by atoms with Crippen LogP contribution in [0.4, 0.5) is 0 Å². The summed E-state index contributed by atoms with van der Waals surface area (Å²) in [6.45, 7) is -0.0840. The van der Waals surface area contributed by atoms with Crippen LogP contribution in [-0.4, -0.2) is 82.1 Å². The molecule has 0 aliphatic heterocycles. The van der Waals surface area contributed by atoms with Gasteiger partial charge in [-0.1, -0.05) is 48.5 Å². The molecule has 11 heteroatoms. The number of nitrogens with one attached hydrogen (secondary N) is 2. The van der Waals surface area contributed by atoms with E-state index in [-0.39, 0.29) is 45.1 Å². The highest BCUT2D eigenvalue weighted by Crippen LogP contribution is 2.37. The lowest BCUT2D eigenvalue weighted by Gasteiger charge is -2.40. The summed E-state index contributed by atoms with van der Waals surface area (Å²) in [4.78, 5) is 32.4. The van der Waals surface area contributed by atoms with Gasteiger partial charge in [0.1, 0.15) is 12.2 Å². The van der Waals surface area contributed by atoms with E-state index in [4.69, 9.17) is 9.47 Å². The van der Waals surface area contributed by atoms with Crippen LogP contribution in [0, 0.1) is 3.57 Å². The average molecular weight is 740 g/mol. The minimum absolute atomic E-state index is 0.0558. The Balaban J connectivity index is 1.49. The van der Waals surface area contributed by atoms with Crippen molar-refractivity contribution in [3.8, 4) is 11.5 Å². The van der Waals surface area contributed by atoms with Gasteiger partial charge in [-0.15, -0.1) is 0 Å². The average Bonchev–Trinajstić information content (AvgIpc) is 3.49. The van der Waals surface area contributed by atoms with Gasteiger partial charge in [-0.25, -0.2) is 0 Å². The zero-order valence-electron chi connectivity index (χ0n) is 25.5. The summed E-state index contributed by atoms with van der Waals surface area (Å²) < 4.78 is 12.6. The highest BCUT2D eigenvalue weighted by molar-refractivity contribution is 14.1. The number of ether oxygens (including phenoxy) is 2. The lowest BCUT2D eigenvalue weighted by atomic mass is 9.87. The molecule has 0 saturated carbocycles. The molecule has 0 fully saturated rings. The van der Waals surface area contributed by atoms with Gasteiger partial charge in [-0.3, -0.25) is 9.59 Å². The number of hydrogen-bond acceptors (Lipinski definition) is 7. The van der Waals surface area contributed by atoms with Crippen LogP contribution in [0.3, 0.4) is 0 Å². The van der Waals surface area contributed by atoms with E-state index in [1.165, 1.54) is 7.11 Å². The van der Waals surface area contributed by atoms with E-state index < -0.39 is 24.2 Å². The van der Waals surface area contributed by atoms with Crippen molar-refractivity contribution in [1.29, 1.82) is 0 Å². The molecule has 0 bridgehead atoms. The van der Waals surface area contributed by atoms with Gasteiger partial charge in [-0.2, -0.15) is 0 Å². The maximum atomic E-state index is 14.1. The topological polar surface area (TPSA) is 144 Å². The van der Waals surface area contributed by atoms with Gasteiger partial charge >= 0.3 is 0 Å². The molecule has 0 spiro atoms. The molecule has 0 unspecified atom stereocenters. The Morgan fingerprint density at radius 2 is 1.80 bits per heavy atom. The summed E-state index contributed by atoms with van der Waals surface area (Å²) >= 11 is 2.07. The summed E-state index contributed by atoms with van der Waals surface area (Å²) in [6.07, 6.45) is 0.0517. The maximum absolute atomic E-state index is 14.1. The number of benzene rings is 3. The van der Waals surface area contributed by atoms with Crippen molar-refractivity contribution < 1.29 is 34.4 Å². The first kappa shape index (κ1) is 33.5. The fraction of sp³-hybridized carbons (Fsp3) is 0.314. The smallest absolute Gasteiger partial charge is 0.247 e. The van der Waals surface area contributed by atoms with Crippen molar-refractivity contribution >= 4 is 45.3 Å². The Hall–Kier alpha value is -3.91. The number of aromatic nitrogens is 1. The molecule has 46 heavy (non-hydrogen) atoms. The molecule has 0 radical (unpaired) electrons. The van der Waals surface area contributed by atoms with E-state index >= 15 is 0 Å². The fourth-order valence-corrected chi connectivity index (χ4v) is 6.54. The quantitative estimate of drug-likeness (QED) is 0.132. The number of fused-ring (bicyclic) bond motifs is 1. The van der Waals surface area contributed by atoms with Crippen molar-refractivity contribution in [3.05, 3.63) is 105 Å². The second-order valence-corrected chi connectivity index (χ2v) is 12.3. The molecule has 4 aromatic rings. The van der Waals surface area contributed by atoms with Crippen LogP contribution in [0.1, 0.15) is 23.2 Å². The number of aliphatic hydroxyl groups is 3. The van der Waals surface area contributed by atoms with Crippen molar-refractivity contribution in [2.75, 3.05) is 26.8 Å². The molecular formula is C35H38IN3O7. The van der Waals surface area contributed by atoms with Crippen LogP contribution in [0.25, 0.3) is 10.9 Å². The van der Waals surface area contributed by atoms with Crippen molar-refractivity contribution in [1.82, 2.24) is 15.2 Å². The highest BCUT2D eigenvalue weighted by atomic mass is 127. The number of hydrogen-bond donors (Lipinski definition) is 5. The Morgan fingerprint density at radius 1 is 1.04 bits per heavy atom. The number of para-hydroxylation sites is 1. The first-order valence-electron chi connectivity index (χ1n) is 15.1. The third kappa shape index (κ3) is 7.89. The summed E-state index contributed by atoms with van der Waals surface area (Å²) in [6, 6.07) is 22.0. The van der Waals surface area contributed by atoms with E-state index in [2.05, 4.69) is 39.0 Å². The predicted octanol–water partition coefficient (Wildman–Crippen LogP) is 3.50. The van der Waals surface area contributed by atoms with Gasteiger partial charge in [0.05, 0.1) is 36.4 Å². The van der Waals surface area contributed by atoms with Crippen molar-refractivity contribution in [2.45, 2.75) is 44.1 Å². The van der Waals surface area contributed by atoms with E-state index in [1.54, 1.807) is 23.1 Å². The second kappa shape index (κ2) is 15.6. The minimum Gasteiger partial charge on any atom is -0.493 e. The first-order chi connectivity index (χ1) is 22.3. The van der Waals surface area contributed by atoms with Gasteiger partial charge in [0.2, 0.25) is 11.8 Å². The molecule has 1 aliphatic carbocycles. The normalized spacial score (nSPS) is 17.8. The zero-order valence-corrected chi connectivity index (χ0v) is 27.6. The molecule has 1 heterocycles. The van der Waals surface area contributed by atoms with E-state index in [0.717, 1.165) is 22.2 Å². The minimum atomic E-state index is -1.20. The summed E-state index contributed by atoms with van der Waals surface area (Å²) in [5.74, 6) is 0.0990. The molecule has 2 amide bonds. The molecule has 5 rings (SSSR count). The molecule has 0 saturated heterocycles. The molecule has 3 atom stereocenters. The van der Waals surface area contributed by atoms with Gasteiger partial charge < -0.3 is 40.0 Å². The lowest BCUT2D eigenvalue weighted by molar-refractivity contribution is -0.137. The van der Waals surface area contributed by atoms with Crippen LogP contribution >= 0.6 is 22.6 Å². The molecule has 242 valence electrons. The third-order valence-electron chi connectivity index (χ3n) is 8.07. The largest absolute Gasteiger partial charge is 0.493 e. The van der Waals surface area contributed by atoms with E-state index in [0.29, 0.717) is 32.6 Å². The predicted molar refractivity (Wildman–Crippen MR) is 183 cm³/mol. The summed E-state index contributed by atoms with van der Waals surface area (Å²) in [5.41, 5.74) is 3.73. The number of H-pyrrole nitrogens is 1. The monoisotopic (exact) mass is 739 g/mol. The highest BCUT2D eigenvalue weighted by Gasteiger charge is 2.41. The number of carbonyl (C=O) groups excluding carboxylic acids is 2.